The summed E-state index contributed by atoms with van der Waals surface area (Å²) in [4.78, 5) is 11.4. The van der Waals surface area contributed by atoms with Gasteiger partial charge in [-0.25, -0.2) is 0 Å². The minimum absolute atomic E-state index is 0.241. The lowest BCUT2D eigenvalue weighted by molar-refractivity contribution is -0.127. The van der Waals surface area contributed by atoms with Crippen LogP contribution in [0.15, 0.2) is 0 Å². The topological polar surface area (TPSA) is 35.5 Å². The monoisotopic (exact) mass is 188 g/mol. The maximum atomic E-state index is 11.4. The lowest BCUT2D eigenvalue weighted by Gasteiger charge is -2.16. The summed E-state index contributed by atoms with van der Waals surface area (Å²) in [5.74, 6) is 0.241. The van der Waals surface area contributed by atoms with Gasteiger partial charge in [-0.3, -0.25) is 4.79 Å². The molecule has 78 valence electrons. The first-order valence-electron chi connectivity index (χ1n) is 4.58. The highest BCUT2D eigenvalue weighted by Crippen LogP contribution is 2.16. The van der Waals surface area contributed by atoms with E-state index >= 15 is 0 Å². The van der Waals surface area contributed by atoms with Gasteiger partial charge in [-0.15, -0.1) is 0 Å². The first-order chi connectivity index (χ1) is 5.98. The number of rotatable bonds is 6. The van der Waals surface area contributed by atoms with Gasteiger partial charge in [0.05, 0.1) is 19.8 Å². The van der Waals surface area contributed by atoms with Crippen LogP contribution in [-0.2, 0) is 14.3 Å². The van der Waals surface area contributed by atoms with Crippen molar-refractivity contribution in [2.45, 2.75) is 27.2 Å². The highest BCUT2D eigenvalue weighted by molar-refractivity contribution is 5.83. The normalized spacial score (nSPS) is 11.7. The Labute approximate surface area is 80.4 Å². The van der Waals surface area contributed by atoms with Crippen molar-refractivity contribution in [3.63, 3.8) is 0 Å². The van der Waals surface area contributed by atoms with Crippen LogP contribution in [0.25, 0.3) is 0 Å². The van der Waals surface area contributed by atoms with Crippen molar-refractivity contribution in [1.29, 1.82) is 0 Å². The van der Waals surface area contributed by atoms with E-state index < -0.39 is 0 Å². The van der Waals surface area contributed by atoms with Crippen molar-refractivity contribution in [3.05, 3.63) is 0 Å². The summed E-state index contributed by atoms with van der Waals surface area (Å²) in [5, 5.41) is 0. The van der Waals surface area contributed by atoms with E-state index in [-0.39, 0.29) is 11.2 Å². The minimum Gasteiger partial charge on any atom is -0.382 e. The maximum Gasteiger partial charge on any atom is 0.140 e. The second-order valence-electron chi connectivity index (χ2n) is 4.03. The molecule has 0 rings (SSSR count). The van der Waals surface area contributed by atoms with Crippen LogP contribution in [0.3, 0.4) is 0 Å². The second-order valence-corrected chi connectivity index (χ2v) is 4.03. The molecule has 3 nitrogen and oxygen atoms in total. The van der Waals surface area contributed by atoms with Crippen molar-refractivity contribution in [2.75, 3.05) is 26.9 Å². The van der Waals surface area contributed by atoms with Gasteiger partial charge < -0.3 is 9.47 Å². The van der Waals surface area contributed by atoms with Crippen molar-refractivity contribution in [3.8, 4) is 0 Å². The summed E-state index contributed by atoms with van der Waals surface area (Å²) in [6.07, 6.45) is 0.493. The molecule has 13 heavy (non-hydrogen) atoms. The van der Waals surface area contributed by atoms with E-state index in [0.717, 1.165) is 0 Å². The number of ketones is 1. The quantitative estimate of drug-likeness (QED) is 0.595. The molecule has 0 aromatic heterocycles. The molecule has 0 aliphatic heterocycles. The van der Waals surface area contributed by atoms with Crippen molar-refractivity contribution < 1.29 is 14.3 Å². The zero-order valence-corrected chi connectivity index (χ0v) is 9.05. The first-order valence-corrected chi connectivity index (χ1v) is 4.58. The molecule has 0 N–H and O–H groups in total. The average molecular weight is 188 g/mol. The molecule has 0 amide bonds. The molecule has 0 saturated carbocycles. The predicted octanol–water partition coefficient (Wildman–Crippen LogP) is 1.65. The van der Waals surface area contributed by atoms with E-state index in [4.69, 9.17) is 9.47 Å². The summed E-state index contributed by atoms with van der Waals surface area (Å²) in [6.45, 7) is 7.41. The van der Waals surface area contributed by atoms with E-state index in [1.54, 1.807) is 7.11 Å². The van der Waals surface area contributed by atoms with Crippen molar-refractivity contribution in [1.82, 2.24) is 0 Å². The van der Waals surface area contributed by atoms with Crippen molar-refractivity contribution >= 4 is 5.78 Å². The van der Waals surface area contributed by atoms with Crippen molar-refractivity contribution in [2.24, 2.45) is 5.41 Å². The molecule has 0 heterocycles. The molecule has 0 bridgehead atoms. The zero-order valence-electron chi connectivity index (χ0n) is 9.05. The molecule has 0 radical (unpaired) electrons. The fourth-order valence-electron chi connectivity index (χ4n) is 0.784. The number of Topliss-reactive ketones (excluding diaryl/α,β-unsaturated/α-hetero) is 1. The van der Waals surface area contributed by atoms with Crippen LogP contribution in [0.5, 0.6) is 0 Å². The molecular formula is C10H20O3. The number of hydrogen-bond donors (Lipinski definition) is 0. The molecule has 0 unspecified atom stereocenters. The van der Waals surface area contributed by atoms with Gasteiger partial charge in [0.15, 0.2) is 0 Å². The van der Waals surface area contributed by atoms with E-state index in [1.807, 2.05) is 20.8 Å². The smallest absolute Gasteiger partial charge is 0.140 e. The van der Waals surface area contributed by atoms with E-state index in [0.29, 0.717) is 26.2 Å². The summed E-state index contributed by atoms with van der Waals surface area (Å²) in [5.41, 5.74) is -0.245. The van der Waals surface area contributed by atoms with E-state index in [9.17, 15) is 4.79 Å². The number of hydrogen-bond acceptors (Lipinski definition) is 3. The van der Waals surface area contributed by atoms with Gasteiger partial charge in [0, 0.05) is 18.9 Å². The lowest BCUT2D eigenvalue weighted by Crippen LogP contribution is -2.21. The molecule has 0 aliphatic carbocycles. The van der Waals surface area contributed by atoms with Gasteiger partial charge in [-0.05, 0) is 0 Å². The Balaban J connectivity index is 3.38. The van der Waals surface area contributed by atoms with Crippen LogP contribution in [0.1, 0.15) is 27.2 Å². The Morgan fingerprint density at radius 3 is 2.23 bits per heavy atom. The molecule has 0 atom stereocenters. The largest absolute Gasteiger partial charge is 0.382 e. The number of carbonyl (C=O) groups is 1. The van der Waals surface area contributed by atoms with Gasteiger partial charge in [0.2, 0.25) is 0 Å². The highest BCUT2D eigenvalue weighted by Gasteiger charge is 2.20. The third kappa shape index (κ3) is 6.72. The molecular weight excluding hydrogens is 168 g/mol. The molecule has 0 saturated heterocycles. The van der Waals surface area contributed by atoms with Crippen LogP contribution in [-0.4, -0.2) is 32.7 Å². The van der Waals surface area contributed by atoms with E-state index in [1.165, 1.54) is 0 Å². The third-order valence-corrected chi connectivity index (χ3v) is 1.74. The van der Waals surface area contributed by atoms with Gasteiger partial charge in [0.1, 0.15) is 5.78 Å². The molecule has 3 heteroatoms. The SMILES string of the molecule is COCCOCCC(=O)C(C)(C)C. The number of carbonyl (C=O) groups excluding carboxylic acids is 1. The Hall–Kier alpha value is -0.410. The average Bonchev–Trinajstić information content (AvgIpc) is 2.02. The first kappa shape index (κ1) is 12.6. The Morgan fingerprint density at radius 1 is 1.15 bits per heavy atom. The molecule has 0 aliphatic rings. The maximum absolute atomic E-state index is 11.4. The van der Waals surface area contributed by atoms with Gasteiger partial charge >= 0.3 is 0 Å². The van der Waals surface area contributed by atoms with Gasteiger partial charge in [0.25, 0.3) is 0 Å². The summed E-state index contributed by atoms with van der Waals surface area (Å²) < 4.78 is 10.0. The Bertz CT molecular complexity index is 147. The molecule has 0 spiro atoms. The summed E-state index contributed by atoms with van der Waals surface area (Å²) in [6, 6.07) is 0. The second kappa shape index (κ2) is 6.11. The molecule has 0 aromatic rings. The van der Waals surface area contributed by atoms with E-state index in [2.05, 4.69) is 0 Å². The minimum atomic E-state index is -0.245. The fraction of sp³-hybridized carbons (Fsp3) is 0.900. The Kier molecular flexibility index (Phi) is 5.91. The molecule has 0 aromatic carbocycles. The Morgan fingerprint density at radius 2 is 1.77 bits per heavy atom. The predicted molar refractivity (Wildman–Crippen MR) is 51.8 cm³/mol. The number of methoxy groups -OCH3 is 1. The standard InChI is InChI=1S/C10H20O3/c1-10(2,3)9(11)5-6-13-8-7-12-4/h5-8H2,1-4H3. The van der Waals surface area contributed by atoms with Crippen LogP contribution in [0.4, 0.5) is 0 Å². The molecule has 0 fully saturated rings. The zero-order chi connectivity index (χ0) is 10.3. The number of ether oxygens (including phenoxy) is 2. The van der Waals surface area contributed by atoms with Crippen LogP contribution in [0, 0.1) is 5.41 Å². The van der Waals surface area contributed by atoms with Gasteiger partial charge in [-0.2, -0.15) is 0 Å². The van der Waals surface area contributed by atoms with Crippen LogP contribution >= 0.6 is 0 Å². The van der Waals surface area contributed by atoms with Gasteiger partial charge in [-0.1, -0.05) is 20.8 Å². The fourth-order valence-corrected chi connectivity index (χ4v) is 0.784. The van der Waals surface area contributed by atoms with Crippen LogP contribution < -0.4 is 0 Å². The van der Waals surface area contributed by atoms with Crippen LogP contribution in [0.2, 0.25) is 0 Å². The summed E-state index contributed by atoms with van der Waals surface area (Å²) in [7, 11) is 1.63. The lowest BCUT2D eigenvalue weighted by atomic mass is 9.89. The third-order valence-electron chi connectivity index (χ3n) is 1.74. The summed E-state index contributed by atoms with van der Waals surface area (Å²) >= 11 is 0. The highest BCUT2D eigenvalue weighted by atomic mass is 16.5.